The summed E-state index contributed by atoms with van der Waals surface area (Å²) >= 11 is 10.2. The number of aromatic amines is 1. The number of rotatable bonds is 4. The van der Waals surface area contributed by atoms with Crippen molar-refractivity contribution in [3.05, 3.63) is 38.2 Å². The van der Waals surface area contributed by atoms with E-state index >= 15 is 0 Å². The van der Waals surface area contributed by atoms with Crippen LogP contribution in [0.3, 0.4) is 0 Å². The molecule has 1 aromatic heterocycles. The molecule has 1 heterocycles. The van der Waals surface area contributed by atoms with E-state index in [1.807, 2.05) is 0 Å². The molecule has 0 unspecified atom stereocenters. The van der Waals surface area contributed by atoms with Crippen LogP contribution in [0.25, 0.3) is 5.69 Å². The number of carbonyl (C=O) groups is 1. The predicted molar refractivity (Wildman–Crippen MR) is 75.3 cm³/mol. The normalized spacial score (nSPS) is 10.6. The molecular weight excluding hydrogens is 358 g/mol. The fraction of sp³-hybridized carbons (Fsp3) is 0.100. The second-order valence-electron chi connectivity index (χ2n) is 3.42. The molecule has 9 heteroatoms. The van der Waals surface area contributed by atoms with Crippen molar-refractivity contribution in [3.8, 4) is 5.69 Å². The van der Waals surface area contributed by atoms with Crippen LogP contribution in [0, 0.1) is 0 Å². The van der Waals surface area contributed by atoms with Gasteiger partial charge in [0.15, 0.2) is 5.16 Å². The number of benzene rings is 1. The maximum Gasteiger partial charge on any atom is 0.348 e. The number of aliphatic carboxylic acids is 1. The van der Waals surface area contributed by atoms with E-state index in [1.54, 1.807) is 18.2 Å². The highest BCUT2D eigenvalue weighted by Gasteiger charge is 2.15. The highest BCUT2D eigenvalue weighted by Crippen LogP contribution is 2.26. The van der Waals surface area contributed by atoms with Crippen molar-refractivity contribution in [3.63, 3.8) is 0 Å². The van der Waals surface area contributed by atoms with Crippen molar-refractivity contribution in [1.29, 1.82) is 0 Å². The van der Waals surface area contributed by atoms with Gasteiger partial charge in [-0.05, 0) is 34.1 Å². The lowest BCUT2D eigenvalue weighted by molar-refractivity contribution is -0.133. The molecular formula is C10H7BrClN3O3S. The molecule has 0 aliphatic carbocycles. The van der Waals surface area contributed by atoms with Crippen LogP contribution in [0.2, 0.25) is 5.02 Å². The second-order valence-corrected chi connectivity index (χ2v) is 5.66. The maximum absolute atomic E-state index is 11.8. The van der Waals surface area contributed by atoms with Crippen LogP contribution in [0.1, 0.15) is 0 Å². The van der Waals surface area contributed by atoms with Gasteiger partial charge < -0.3 is 5.11 Å². The standard InChI is InChI=1S/C10H7BrClN3O3S/c11-6-2-1-5(12)3-7(6)15-9(18)13-14-10(15)19-4-8(16)17/h1-3H,4H2,(H,13,18)(H,16,17). The first-order valence-electron chi connectivity index (χ1n) is 4.96. The van der Waals surface area contributed by atoms with Crippen molar-refractivity contribution < 1.29 is 9.90 Å². The topological polar surface area (TPSA) is 88.0 Å². The van der Waals surface area contributed by atoms with E-state index in [1.165, 1.54) is 4.57 Å². The molecule has 6 nitrogen and oxygen atoms in total. The Morgan fingerprint density at radius 2 is 2.32 bits per heavy atom. The summed E-state index contributed by atoms with van der Waals surface area (Å²) in [5, 5.41) is 15.5. The van der Waals surface area contributed by atoms with Crippen LogP contribution in [0.4, 0.5) is 0 Å². The number of nitrogens with one attached hydrogen (secondary N) is 1. The van der Waals surface area contributed by atoms with Crippen molar-refractivity contribution in [2.24, 2.45) is 0 Å². The summed E-state index contributed by atoms with van der Waals surface area (Å²) in [6.07, 6.45) is 0. The minimum atomic E-state index is -0.989. The minimum absolute atomic E-state index is 0.192. The van der Waals surface area contributed by atoms with Crippen molar-refractivity contribution in [2.45, 2.75) is 5.16 Å². The van der Waals surface area contributed by atoms with E-state index in [4.69, 9.17) is 16.7 Å². The lowest BCUT2D eigenvalue weighted by atomic mass is 10.3. The molecule has 2 rings (SSSR count). The van der Waals surface area contributed by atoms with Crippen LogP contribution >= 0.6 is 39.3 Å². The van der Waals surface area contributed by atoms with Gasteiger partial charge in [-0.15, -0.1) is 5.10 Å². The molecule has 0 radical (unpaired) electrons. The fourth-order valence-electron chi connectivity index (χ4n) is 1.38. The zero-order chi connectivity index (χ0) is 14.0. The van der Waals surface area contributed by atoms with Gasteiger partial charge in [-0.2, -0.15) is 0 Å². The number of nitrogens with zero attached hydrogens (tertiary/aromatic N) is 2. The highest BCUT2D eigenvalue weighted by molar-refractivity contribution is 9.10. The Kier molecular flexibility index (Phi) is 4.33. The zero-order valence-corrected chi connectivity index (χ0v) is 12.4. The molecule has 19 heavy (non-hydrogen) atoms. The van der Waals surface area contributed by atoms with Crippen molar-refractivity contribution in [2.75, 3.05) is 5.75 Å². The number of thioether (sulfide) groups is 1. The number of hydrogen-bond acceptors (Lipinski definition) is 4. The Hall–Kier alpha value is -1.25. The van der Waals surface area contributed by atoms with E-state index < -0.39 is 11.7 Å². The Balaban J connectivity index is 2.49. The predicted octanol–water partition coefficient (Wildman–Crippen LogP) is 2.15. The molecule has 1 aromatic carbocycles. The third-order valence-corrected chi connectivity index (χ3v) is 3.94. The van der Waals surface area contributed by atoms with Gasteiger partial charge in [0.25, 0.3) is 0 Å². The van der Waals surface area contributed by atoms with Gasteiger partial charge in [-0.25, -0.2) is 14.5 Å². The number of aromatic nitrogens is 3. The van der Waals surface area contributed by atoms with Crippen LogP contribution in [0.15, 0.2) is 32.6 Å². The number of hydrogen-bond donors (Lipinski definition) is 2. The number of halogens is 2. The number of carboxylic acid groups (broad SMARTS) is 1. The summed E-state index contributed by atoms with van der Waals surface area (Å²) in [7, 11) is 0. The zero-order valence-electron chi connectivity index (χ0n) is 9.26. The first-order valence-corrected chi connectivity index (χ1v) is 7.12. The average molecular weight is 365 g/mol. The number of carboxylic acids is 1. The van der Waals surface area contributed by atoms with Gasteiger partial charge >= 0.3 is 11.7 Å². The van der Waals surface area contributed by atoms with Crippen LogP contribution in [-0.2, 0) is 4.79 Å². The summed E-state index contributed by atoms with van der Waals surface area (Å²) < 4.78 is 1.92. The Labute approximate surface area is 124 Å². The SMILES string of the molecule is O=C(O)CSc1n[nH]c(=O)n1-c1cc(Cl)ccc1Br. The van der Waals surface area contributed by atoms with Gasteiger partial charge in [-0.3, -0.25) is 4.79 Å². The van der Waals surface area contributed by atoms with Gasteiger partial charge in [-0.1, -0.05) is 23.4 Å². The summed E-state index contributed by atoms with van der Waals surface area (Å²) in [4.78, 5) is 22.3. The Bertz CT molecular complexity index is 685. The van der Waals surface area contributed by atoms with E-state index in [0.717, 1.165) is 11.8 Å². The maximum atomic E-state index is 11.8. The largest absolute Gasteiger partial charge is 0.481 e. The molecule has 0 amide bonds. The quantitative estimate of drug-likeness (QED) is 0.812. The number of H-pyrrole nitrogens is 1. The fourth-order valence-corrected chi connectivity index (χ4v) is 2.64. The van der Waals surface area contributed by atoms with E-state index in [9.17, 15) is 9.59 Å². The molecule has 2 N–H and O–H groups in total. The Morgan fingerprint density at radius 1 is 1.58 bits per heavy atom. The molecule has 0 fully saturated rings. The monoisotopic (exact) mass is 363 g/mol. The van der Waals surface area contributed by atoms with Crippen LogP contribution in [0.5, 0.6) is 0 Å². The van der Waals surface area contributed by atoms with Gasteiger partial charge in [0.2, 0.25) is 0 Å². The summed E-state index contributed by atoms with van der Waals surface area (Å²) in [6.45, 7) is 0. The van der Waals surface area contributed by atoms with Crippen LogP contribution < -0.4 is 5.69 Å². The van der Waals surface area contributed by atoms with E-state index in [2.05, 4.69) is 26.1 Å². The lowest BCUT2D eigenvalue weighted by Gasteiger charge is -2.07. The summed E-state index contributed by atoms with van der Waals surface area (Å²) in [5.74, 6) is -1.18. The molecule has 0 spiro atoms. The molecule has 2 aromatic rings. The molecule has 0 bridgehead atoms. The first kappa shape index (κ1) is 14.2. The van der Waals surface area contributed by atoms with Gasteiger partial charge in [0.05, 0.1) is 11.4 Å². The third-order valence-electron chi connectivity index (χ3n) is 2.12. The van der Waals surface area contributed by atoms with E-state index in [-0.39, 0.29) is 10.9 Å². The first-order chi connectivity index (χ1) is 8.99. The van der Waals surface area contributed by atoms with Crippen LogP contribution in [-0.4, -0.2) is 31.6 Å². The third kappa shape index (κ3) is 3.20. The molecule has 0 aliphatic heterocycles. The Morgan fingerprint density at radius 3 is 3.00 bits per heavy atom. The molecule has 0 atom stereocenters. The minimum Gasteiger partial charge on any atom is -0.481 e. The molecule has 0 aliphatic rings. The highest BCUT2D eigenvalue weighted by atomic mass is 79.9. The lowest BCUT2D eigenvalue weighted by Crippen LogP contribution is -2.16. The molecule has 100 valence electrons. The van der Waals surface area contributed by atoms with E-state index in [0.29, 0.717) is 15.2 Å². The van der Waals surface area contributed by atoms with Gasteiger partial charge in [0, 0.05) is 9.50 Å². The molecule has 0 saturated heterocycles. The van der Waals surface area contributed by atoms with Gasteiger partial charge in [0.1, 0.15) is 0 Å². The molecule has 0 saturated carbocycles. The average Bonchev–Trinajstić information content (AvgIpc) is 2.71. The van der Waals surface area contributed by atoms with Crippen molar-refractivity contribution >= 4 is 45.3 Å². The smallest absolute Gasteiger partial charge is 0.348 e. The van der Waals surface area contributed by atoms with Crippen molar-refractivity contribution in [1.82, 2.24) is 14.8 Å². The summed E-state index contributed by atoms with van der Waals surface area (Å²) in [5.41, 5.74) is 0.0370. The summed E-state index contributed by atoms with van der Waals surface area (Å²) in [6, 6.07) is 4.96. The second kappa shape index (κ2) is 5.81.